The standard InChI is InChI=1S/C46H83N2O6P/c1-3-5-7-9-11-13-15-17-18-19-20-21-22-23-24-25-26-28-30-32-34-36-38-40-46(50)48-44(43-54-55(51,52)53-42-41-47)45(49)39-37-35-33-31-29-27-16-14-12-10-8-6-4-2/h5,7,11,13,17-18,20-21,29,31,37,39,44-45,49H,3-4,6,8-10,12,14-16,19,22-28,30,32-36,38,40-43,47H2,1-2H3,(H,48,50)(H,51,52)/b7-5-,13-11-,18-17-,21-20-,31-29+,39-37+. The van der Waals surface area contributed by atoms with E-state index in [0.717, 1.165) is 70.6 Å². The van der Waals surface area contributed by atoms with Gasteiger partial charge in [0.1, 0.15) is 0 Å². The number of nitrogens with two attached hydrogens (primary N) is 1. The quantitative estimate of drug-likeness (QED) is 0.0276. The topological polar surface area (TPSA) is 131 Å². The van der Waals surface area contributed by atoms with Gasteiger partial charge in [-0.3, -0.25) is 13.8 Å². The van der Waals surface area contributed by atoms with Gasteiger partial charge < -0.3 is 21.1 Å². The summed E-state index contributed by atoms with van der Waals surface area (Å²) >= 11 is 0. The third kappa shape index (κ3) is 40.0. The largest absolute Gasteiger partial charge is 0.472 e. The maximum atomic E-state index is 12.8. The number of nitrogens with one attached hydrogen (secondary N) is 1. The first-order valence-electron chi connectivity index (χ1n) is 22.1. The van der Waals surface area contributed by atoms with Crippen LogP contribution in [0.4, 0.5) is 0 Å². The number of aliphatic hydroxyl groups is 1. The number of amides is 1. The Morgan fingerprint density at radius 2 is 1.07 bits per heavy atom. The van der Waals surface area contributed by atoms with Crippen LogP contribution < -0.4 is 11.1 Å². The molecule has 0 aliphatic carbocycles. The van der Waals surface area contributed by atoms with Crippen LogP contribution in [0.25, 0.3) is 0 Å². The third-order valence-corrected chi connectivity index (χ3v) is 10.3. The lowest BCUT2D eigenvalue weighted by Gasteiger charge is -2.23. The van der Waals surface area contributed by atoms with E-state index in [9.17, 15) is 19.4 Å². The Morgan fingerprint density at radius 1 is 0.618 bits per heavy atom. The van der Waals surface area contributed by atoms with Crippen molar-refractivity contribution in [3.63, 3.8) is 0 Å². The molecule has 0 spiro atoms. The summed E-state index contributed by atoms with van der Waals surface area (Å²) in [5.41, 5.74) is 5.37. The Hall–Kier alpha value is -2.06. The molecule has 0 radical (unpaired) electrons. The zero-order valence-corrected chi connectivity index (χ0v) is 36.0. The van der Waals surface area contributed by atoms with Crippen LogP contribution in [-0.4, -0.2) is 47.8 Å². The highest BCUT2D eigenvalue weighted by atomic mass is 31.2. The van der Waals surface area contributed by atoms with Gasteiger partial charge in [0.25, 0.3) is 0 Å². The highest BCUT2D eigenvalue weighted by Crippen LogP contribution is 2.43. The van der Waals surface area contributed by atoms with Gasteiger partial charge in [0, 0.05) is 13.0 Å². The predicted molar refractivity (Wildman–Crippen MR) is 235 cm³/mol. The van der Waals surface area contributed by atoms with Crippen LogP contribution in [0.15, 0.2) is 72.9 Å². The van der Waals surface area contributed by atoms with E-state index in [1.807, 2.05) is 6.08 Å². The number of phosphoric ester groups is 1. The minimum Gasteiger partial charge on any atom is -0.387 e. The molecule has 0 bridgehead atoms. The average molecular weight is 791 g/mol. The second-order valence-electron chi connectivity index (χ2n) is 14.5. The molecule has 0 aliphatic heterocycles. The number of carbonyl (C=O) groups is 1. The minimum atomic E-state index is -4.35. The Balaban J connectivity index is 4.19. The first kappa shape index (κ1) is 52.9. The molecule has 0 aromatic carbocycles. The van der Waals surface area contributed by atoms with E-state index >= 15 is 0 Å². The monoisotopic (exact) mass is 791 g/mol. The molecule has 0 saturated heterocycles. The highest BCUT2D eigenvalue weighted by Gasteiger charge is 2.26. The average Bonchev–Trinajstić information content (AvgIpc) is 3.17. The number of rotatable bonds is 40. The minimum absolute atomic E-state index is 0.0701. The zero-order valence-electron chi connectivity index (χ0n) is 35.1. The second-order valence-corrected chi connectivity index (χ2v) is 16.0. The summed E-state index contributed by atoms with van der Waals surface area (Å²) in [5.74, 6) is -0.213. The van der Waals surface area contributed by atoms with Gasteiger partial charge in [-0.05, 0) is 70.6 Å². The second kappa shape index (κ2) is 41.6. The van der Waals surface area contributed by atoms with Crippen molar-refractivity contribution in [3.8, 4) is 0 Å². The number of unbranched alkanes of at least 4 members (excludes halogenated alkanes) is 18. The van der Waals surface area contributed by atoms with Gasteiger partial charge >= 0.3 is 7.82 Å². The summed E-state index contributed by atoms with van der Waals surface area (Å²) in [4.78, 5) is 22.7. The lowest BCUT2D eigenvalue weighted by atomic mass is 10.0. The molecule has 0 aliphatic rings. The van der Waals surface area contributed by atoms with Gasteiger partial charge in [-0.1, -0.05) is 177 Å². The molecule has 3 atom stereocenters. The molecule has 318 valence electrons. The van der Waals surface area contributed by atoms with Crippen LogP contribution in [0.2, 0.25) is 0 Å². The predicted octanol–water partition coefficient (Wildman–Crippen LogP) is 12.4. The van der Waals surface area contributed by atoms with Crippen LogP contribution in [0.5, 0.6) is 0 Å². The van der Waals surface area contributed by atoms with E-state index in [1.165, 1.54) is 89.9 Å². The molecule has 1 amide bonds. The van der Waals surface area contributed by atoms with Gasteiger partial charge in [-0.15, -0.1) is 0 Å². The smallest absolute Gasteiger partial charge is 0.387 e. The van der Waals surface area contributed by atoms with Crippen molar-refractivity contribution in [3.05, 3.63) is 72.9 Å². The van der Waals surface area contributed by atoms with E-state index in [2.05, 4.69) is 79.9 Å². The molecule has 0 aromatic heterocycles. The summed E-state index contributed by atoms with van der Waals surface area (Å²) in [6.07, 6.45) is 53.8. The molecule has 0 rings (SSSR count). The van der Waals surface area contributed by atoms with Gasteiger partial charge in [-0.2, -0.15) is 0 Å². The van der Waals surface area contributed by atoms with E-state index in [1.54, 1.807) is 6.08 Å². The summed E-state index contributed by atoms with van der Waals surface area (Å²) in [6, 6.07) is -0.882. The molecule has 8 nitrogen and oxygen atoms in total. The van der Waals surface area contributed by atoms with Gasteiger partial charge in [0.2, 0.25) is 5.91 Å². The molecule has 3 unspecified atom stereocenters. The molecule has 5 N–H and O–H groups in total. The fraction of sp³-hybridized carbons (Fsp3) is 0.717. The van der Waals surface area contributed by atoms with Crippen molar-refractivity contribution in [2.24, 2.45) is 5.73 Å². The molecule has 0 aromatic rings. The summed E-state index contributed by atoms with van der Waals surface area (Å²) in [7, 11) is -4.35. The zero-order chi connectivity index (χ0) is 40.3. The number of carbonyl (C=O) groups excluding carboxylic acids is 1. The lowest BCUT2D eigenvalue weighted by Crippen LogP contribution is -2.45. The third-order valence-electron chi connectivity index (χ3n) is 9.27. The van der Waals surface area contributed by atoms with E-state index in [-0.39, 0.29) is 25.7 Å². The Kier molecular flexibility index (Phi) is 40.0. The number of hydrogen-bond acceptors (Lipinski definition) is 6. The summed E-state index contributed by atoms with van der Waals surface area (Å²) in [5, 5.41) is 13.6. The molecule has 0 heterocycles. The van der Waals surface area contributed by atoms with Crippen LogP contribution in [0.1, 0.15) is 181 Å². The normalized spacial score (nSPS) is 14.8. The molecule has 9 heteroatoms. The number of aliphatic hydroxyl groups excluding tert-OH is 1. The van der Waals surface area contributed by atoms with Gasteiger partial charge in [0.15, 0.2) is 0 Å². The van der Waals surface area contributed by atoms with E-state index < -0.39 is 20.0 Å². The van der Waals surface area contributed by atoms with Crippen molar-refractivity contribution < 1.29 is 28.4 Å². The Morgan fingerprint density at radius 3 is 1.62 bits per heavy atom. The fourth-order valence-corrected chi connectivity index (χ4v) is 6.72. The SMILES string of the molecule is CC/C=C\C/C=C\C/C=C\C/C=C\CCCCCCCCCCCCC(=O)NC(COP(=O)(O)OCCN)C(O)/C=C/CC/C=C/CCCCCCCCC. The van der Waals surface area contributed by atoms with Gasteiger partial charge in [-0.25, -0.2) is 4.57 Å². The van der Waals surface area contributed by atoms with Crippen LogP contribution >= 0.6 is 7.82 Å². The van der Waals surface area contributed by atoms with Crippen molar-refractivity contribution in [1.29, 1.82) is 0 Å². The lowest BCUT2D eigenvalue weighted by molar-refractivity contribution is -0.123. The molecule has 0 saturated carbocycles. The number of hydrogen-bond donors (Lipinski definition) is 4. The maximum absolute atomic E-state index is 12.8. The number of phosphoric acid groups is 1. The van der Waals surface area contributed by atoms with Crippen LogP contribution in [-0.2, 0) is 18.4 Å². The summed E-state index contributed by atoms with van der Waals surface area (Å²) in [6.45, 7) is 3.97. The maximum Gasteiger partial charge on any atom is 0.472 e. The molecular weight excluding hydrogens is 707 g/mol. The Labute approximate surface area is 337 Å². The van der Waals surface area contributed by atoms with Crippen molar-refractivity contribution >= 4 is 13.7 Å². The first-order chi connectivity index (χ1) is 26.9. The molecule has 0 fully saturated rings. The number of allylic oxidation sites excluding steroid dienone is 11. The molecular formula is C46H83N2O6P. The van der Waals surface area contributed by atoms with Crippen LogP contribution in [0, 0.1) is 0 Å². The van der Waals surface area contributed by atoms with Crippen molar-refractivity contribution in [2.75, 3.05) is 19.8 Å². The van der Waals surface area contributed by atoms with Crippen molar-refractivity contribution in [1.82, 2.24) is 5.32 Å². The Bertz CT molecular complexity index is 1090. The fourth-order valence-electron chi connectivity index (χ4n) is 5.96. The first-order valence-corrected chi connectivity index (χ1v) is 23.6. The molecule has 55 heavy (non-hydrogen) atoms. The van der Waals surface area contributed by atoms with Crippen LogP contribution in [0.3, 0.4) is 0 Å². The van der Waals surface area contributed by atoms with E-state index in [0.29, 0.717) is 6.42 Å². The van der Waals surface area contributed by atoms with E-state index in [4.69, 9.17) is 14.8 Å². The van der Waals surface area contributed by atoms with Gasteiger partial charge in [0.05, 0.1) is 25.4 Å². The summed E-state index contributed by atoms with van der Waals surface area (Å²) < 4.78 is 22.1. The highest BCUT2D eigenvalue weighted by molar-refractivity contribution is 7.47. The van der Waals surface area contributed by atoms with Crippen molar-refractivity contribution in [2.45, 2.75) is 193 Å².